The summed E-state index contributed by atoms with van der Waals surface area (Å²) in [6, 6.07) is 18.1. The molecule has 1 amide bonds. The second kappa shape index (κ2) is 10.3. The number of rotatable bonds is 10. The molecule has 2 rings (SSSR count). The third kappa shape index (κ3) is 6.73. The van der Waals surface area contributed by atoms with Crippen molar-refractivity contribution in [2.24, 2.45) is 0 Å². The van der Waals surface area contributed by atoms with Crippen molar-refractivity contribution in [2.75, 3.05) is 25.0 Å². The fraction of sp³-hybridized carbons (Fsp3) is 0.350. The van der Waals surface area contributed by atoms with Gasteiger partial charge in [-0.2, -0.15) is 0 Å². The number of nitrogens with one attached hydrogen (secondary N) is 2. The molecule has 0 aliphatic heterocycles. The monoisotopic (exact) mass is 326 g/mol. The van der Waals surface area contributed by atoms with Gasteiger partial charge in [-0.15, -0.1) is 0 Å². The van der Waals surface area contributed by atoms with Gasteiger partial charge >= 0.3 is 0 Å². The largest absolute Gasteiger partial charge is 0.494 e. The lowest BCUT2D eigenvalue weighted by molar-refractivity contribution is -0.119. The van der Waals surface area contributed by atoms with Gasteiger partial charge in [-0.1, -0.05) is 43.3 Å². The van der Waals surface area contributed by atoms with Crippen molar-refractivity contribution < 1.29 is 9.53 Å². The Morgan fingerprint density at radius 2 is 1.92 bits per heavy atom. The first-order valence-corrected chi connectivity index (χ1v) is 8.55. The molecule has 4 heteroatoms. The standard InChI is InChI=1S/C20H26N2O2/c1-2-13-21-20(23)16-22-18-11-6-12-19(15-18)24-14-7-10-17-8-4-3-5-9-17/h3-6,8-9,11-12,15,22H,2,7,10,13-14,16H2,1H3,(H,21,23). The van der Waals surface area contributed by atoms with E-state index in [1.807, 2.05) is 37.3 Å². The van der Waals surface area contributed by atoms with Gasteiger partial charge < -0.3 is 15.4 Å². The molecule has 0 saturated heterocycles. The Labute approximate surface area is 144 Å². The highest BCUT2D eigenvalue weighted by atomic mass is 16.5. The molecule has 0 atom stereocenters. The summed E-state index contributed by atoms with van der Waals surface area (Å²) in [5, 5.41) is 5.96. The van der Waals surface area contributed by atoms with E-state index in [2.05, 4.69) is 34.9 Å². The lowest BCUT2D eigenvalue weighted by Gasteiger charge is -2.10. The molecular formula is C20H26N2O2. The van der Waals surface area contributed by atoms with Crippen molar-refractivity contribution in [2.45, 2.75) is 26.2 Å². The summed E-state index contributed by atoms with van der Waals surface area (Å²) in [4.78, 5) is 11.6. The predicted octanol–water partition coefficient (Wildman–Crippen LogP) is 3.64. The van der Waals surface area contributed by atoms with Crippen molar-refractivity contribution >= 4 is 11.6 Å². The second-order valence-electron chi connectivity index (χ2n) is 5.67. The van der Waals surface area contributed by atoms with E-state index in [1.54, 1.807) is 0 Å². The first kappa shape index (κ1) is 17.9. The molecule has 0 fully saturated rings. The predicted molar refractivity (Wildman–Crippen MR) is 98.5 cm³/mol. The molecule has 0 radical (unpaired) electrons. The van der Waals surface area contributed by atoms with E-state index in [9.17, 15) is 4.79 Å². The van der Waals surface area contributed by atoms with Crippen molar-refractivity contribution in [1.29, 1.82) is 0 Å². The van der Waals surface area contributed by atoms with Gasteiger partial charge in [0.15, 0.2) is 0 Å². The Morgan fingerprint density at radius 3 is 2.71 bits per heavy atom. The van der Waals surface area contributed by atoms with E-state index in [4.69, 9.17) is 4.74 Å². The van der Waals surface area contributed by atoms with Crippen LogP contribution in [0.2, 0.25) is 0 Å². The number of aryl methyl sites for hydroxylation is 1. The summed E-state index contributed by atoms with van der Waals surface area (Å²) in [6.45, 7) is 3.70. The SMILES string of the molecule is CCCNC(=O)CNc1cccc(OCCCc2ccccc2)c1. The molecule has 128 valence electrons. The Morgan fingerprint density at radius 1 is 1.08 bits per heavy atom. The minimum Gasteiger partial charge on any atom is -0.494 e. The molecule has 2 N–H and O–H groups in total. The zero-order chi connectivity index (χ0) is 17.0. The van der Waals surface area contributed by atoms with Gasteiger partial charge in [-0.25, -0.2) is 0 Å². The molecule has 0 heterocycles. The van der Waals surface area contributed by atoms with Crippen LogP contribution in [0.5, 0.6) is 5.75 Å². The van der Waals surface area contributed by atoms with Crippen molar-refractivity contribution in [1.82, 2.24) is 5.32 Å². The Balaban J connectivity index is 1.71. The number of anilines is 1. The van der Waals surface area contributed by atoms with E-state index in [-0.39, 0.29) is 12.5 Å². The Bertz CT molecular complexity index is 614. The Hall–Kier alpha value is -2.49. The van der Waals surface area contributed by atoms with Crippen LogP contribution < -0.4 is 15.4 Å². The number of hydrogen-bond donors (Lipinski definition) is 2. The number of ether oxygens (including phenoxy) is 1. The van der Waals surface area contributed by atoms with Crippen LogP contribution in [0.4, 0.5) is 5.69 Å². The summed E-state index contributed by atoms with van der Waals surface area (Å²) in [7, 11) is 0. The van der Waals surface area contributed by atoms with Gasteiger partial charge in [-0.3, -0.25) is 4.79 Å². The average Bonchev–Trinajstić information content (AvgIpc) is 2.63. The van der Waals surface area contributed by atoms with Gasteiger partial charge in [0.05, 0.1) is 13.2 Å². The van der Waals surface area contributed by atoms with Crippen LogP contribution in [0.15, 0.2) is 54.6 Å². The average molecular weight is 326 g/mol. The minimum absolute atomic E-state index is 0.00559. The molecule has 0 aliphatic carbocycles. The highest BCUT2D eigenvalue weighted by Gasteiger charge is 2.01. The number of amides is 1. The number of hydrogen-bond acceptors (Lipinski definition) is 3. The molecule has 4 nitrogen and oxygen atoms in total. The topological polar surface area (TPSA) is 50.4 Å². The first-order valence-electron chi connectivity index (χ1n) is 8.55. The van der Waals surface area contributed by atoms with Crippen molar-refractivity contribution in [3.8, 4) is 5.75 Å². The zero-order valence-corrected chi connectivity index (χ0v) is 14.3. The van der Waals surface area contributed by atoms with Crippen LogP contribution in [0.25, 0.3) is 0 Å². The molecular weight excluding hydrogens is 300 g/mol. The third-order valence-corrected chi connectivity index (χ3v) is 3.58. The van der Waals surface area contributed by atoms with E-state index in [0.29, 0.717) is 13.2 Å². The number of benzene rings is 2. The maximum atomic E-state index is 11.6. The molecule has 0 aliphatic rings. The maximum Gasteiger partial charge on any atom is 0.239 e. The van der Waals surface area contributed by atoms with Gasteiger partial charge in [-0.05, 0) is 37.0 Å². The minimum atomic E-state index is 0.00559. The van der Waals surface area contributed by atoms with Crippen LogP contribution in [-0.2, 0) is 11.2 Å². The lowest BCUT2D eigenvalue weighted by atomic mass is 10.1. The molecule has 24 heavy (non-hydrogen) atoms. The van der Waals surface area contributed by atoms with Crippen molar-refractivity contribution in [3.63, 3.8) is 0 Å². The first-order chi connectivity index (χ1) is 11.8. The summed E-state index contributed by atoms with van der Waals surface area (Å²) in [5.74, 6) is 0.827. The summed E-state index contributed by atoms with van der Waals surface area (Å²) in [5.41, 5.74) is 2.22. The fourth-order valence-corrected chi connectivity index (χ4v) is 2.32. The van der Waals surface area contributed by atoms with Crippen LogP contribution in [0, 0.1) is 0 Å². The highest BCUT2D eigenvalue weighted by Crippen LogP contribution is 2.17. The number of carbonyl (C=O) groups is 1. The van der Waals surface area contributed by atoms with E-state index in [1.165, 1.54) is 5.56 Å². The van der Waals surface area contributed by atoms with Gasteiger partial charge in [0, 0.05) is 18.3 Å². The van der Waals surface area contributed by atoms with E-state index in [0.717, 1.165) is 30.7 Å². The normalized spacial score (nSPS) is 10.2. The second-order valence-corrected chi connectivity index (χ2v) is 5.67. The summed E-state index contributed by atoms with van der Waals surface area (Å²) >= 11 is 0. The molecule has 0 spiro atoms. The van der Waals surface area contributed by atoms with Crippen LogP contribution in [0.3, 0.4) is 0 Å². The molecule has 0 saturated carbocycles. The quantitative estimate of drug-likeness (QED) is 0.656. The molecule has 0 aromatic heterocycles. The van der Waals surface area contributed by atoms with Crippen LogP contribution >= 0.6 is 0 Å². The number of carbonyl (C=O) groups excluding carboxylic acids is 1. The zero-order valence-electron chi connectivity index (χ0n) is 14.3. The summed E-state index contributed by atoms with van der Waals surface area (Å²) < 4.78 is 5.80. The van der Waals surface area contributed by atoms with E-state index < -0.39 is 0 Å². The van der Waals surface area contributed by atoms with Crippen molar-refractivity contribution in [3.05, 3.63) is 60.2 Å². The molecule has 2 aromatic carbocycles. The maximum absolute atomic E-state index is 11.6. The fourth-order valence-electron chi connectivity index (χ4n) is 2.32. The van der Waals surface area contributed by atoms with Gasteiger partial charge in [0.25, 0.3) is 0 Å². The van der Waals surface area contributed by atoms with Gasteiger partial charge in [0.1, 0.15) is 5.75 Å². The molecule has 0 unspecified atom stereocenters. The van der Waals surface area contributed by atoms with Gasteiger partial charge in [0.2, 0.25) is 5.91 Å². The summed E-state index contributed by atoms with van der Waals surface area (Å²) in [6.07, 6.45) is 2.93. The third-order valence-electron chi connectivity index (χ3n) is 3.58. The Kier molecular flexibility index (Phi) is 7.68. The molecule has 2 aromatic rings. The lowest BCUT2D eigenvalue weighted by Crippen LogP contribution is -2.30. The van der Waals surface area contributed by atoms with E-state index >= 15 is 0 Å². The highest BCUT2D eigenvalue weighted by molar-refractivity contribution is 5.80. The van der Waals surface area contributed by atoms with Crippen LogP contribution in [0.1, 0.15) is 25.3 Å². The van der Waals surface area contributed by atoms with Crippen LogP contribution in [-0.4, -0.2) is 25.6 Å². The molecule has 0 bridgehead atoms. The smallest absolute Gasteiger partial charge is 0.239 e.